The Morgan fingerprint density at radius 3 is 2.27 bits per heavy atom. The molecule has 4 heterocycles. The summed E-state index contributed by atoms with van der Waals surface area (Å²) < 4.78 is 23.0. The van der Waals surface area contributed by atoms with E-state index in [-0.39, 0.29) is 40.9 Å². The fraction of sp³-hybridized carbons (Fsp3) is 0.324. The van der Waals surface area contributed by atoms with E-state index >= 15 is 0 Å². The molecule has 3 aliphatic heterocycles. The predicted octanol–water partition coefficient (Wildman–Crippen LogP) is 7.39. The fourth-order valence-corrected chi connectivity index (χ4v) is 7.23. The number of H-pyrrole nitrogens is 1. The van der Waals surface area contributed by atoms with Gasteiger partial charge in [0.25, 0.3) is 0 Å². The Morgan fingerprint density at radius 2 is 1.65 bits per heavy atom. The van der Waals surface area contributed by atoms with Crippen molar-refractivity contribution in [1.82, 2.24) is 4.90 Å². The zero-order chi connectivity index (χ0) is 35.4. The van der Waals surface area contributed by atoms with Crippen LogP contribution in [0.15, 0.2) is 73.1 Å². The quantitative estimate of drug-likeness (QED) is 0.155. The van der Waals surface area contributed by atoms with Crippen LogP contribution in [0.3, 0.4) is 0 Å². The summed E-state index contributed by atoms with van der Waals surface area (Å²) in [5.74, 6) is 0.572. The molecule has 3 aliphatic rings. The van der Waals surface area contributed by atoms with Gasteiger partial charge in [0, 0.05) is 18.5 Å². The van der Waals surface area contributed by atoms with Gasteiger partial charge in [-0.2, -0.15) is 0 Å². The Balaban J connectivity index is 0.00000504. The number of halogens is 3. The molecule has 1 amide bonds. The lowest BCUT2D eigenvalue weighted by molar-refractivity contribution is -0.377. The number of carbonyl (C=O) groups is 2. The van der Waals surface area contributed by atoms with E-state index in [9.17, 15) is 14.7 Å². The van der Waals surface area contributed by atoms with Crippen molar-refractivity contribution in [3.05, 3.63) is 110 Å². The van der Waals surface area contributed by atoms with Crippen molar-refractivity contribution in [2.45, 2.75) is 38.0 Å². The van der Waals surface area contributed by atoms with Crippen LogP contribution in [0.4, 0.5) is 10.5 Å². The molecule has 0 unspecified atom stereocenters. The average molecular weight is 759 g/mol. The molecule has 3 fully saturated rings. The van der Waals surface area contributed by atoms with Crippen molar-refractivity contribution in [2.75, 3.05) is 38.8 Å². The number of piperidine rings is 3. The molecule has 3 aromatic carbocycles. The zero-order valence-corrected chi connectivity index (χ0v) is 30.3. The average Bonchev–Trinajstić information content (AvgIpc) is 3.13. The first-order chi connectivity index (χ1) is 24.1. The third-order valence-electron chi connectivity index (χ3n) is 9.26. The van der Waals surface area contributed by atoms with Gasteiger partial charge in [0.2, 0.25) is 0 Å². The second-order valence-corrected chi connectivity index (χ2v) is 13.5. The fourth-order valence-electron chi connectivity index (χ4n) is 6.47. The SMILES string of the molecule is COc1ccc([C@H](Cc2c(Cl)c[nH+]cc2Cl)OC(=O)c2ccc(CN(C(=O)O[C@H]3CN4CCC3CC4)c3cccc(O)c3Cl)cc2)cc1OC.[OH-]. The smallest absolute Gasteiger partial charge is 0.414 e. The summed E-state index contributed by atoms with van der Waals surface area (Å²) in [5.41, 5.74) is 2.55. The minimum atomic E-state index is -0.788. The van der Waals surface area contributed by atoms with E-state index < -0.39 is 18.2 Å². The van der Waals surface area contributed by atoms with E-state index in [2.05, 4.69) is 9.88 Å². The molecule has 0 radical (unpaired) electrons. The number of aromatic amines is 1. The Labute approximate surface area is 310 Å². The molecule has 0 spiro atoms. The number of amides is 1. The van der Waals surface area contributed by atoms with Crippen LogP contribution in [0.1, 0.15) is 46.0 Å². The van der Waals surface area contributed by atoms with Crippen LogP contribution in [0.5, 0.6) is 17.2 Å². The van der Waals surface area contributed by atoms with E-state index in [0.717, 1.165) is 25.9 Å². The number of anilines is 1. The molecule has 3 N–H and O–H groups in total. The van der Waals surface area contributed by atoms with Gasteiger partial charge in [0.1, 0.15) is 33.0 Å². The summed E-state index contributed by atoms with van der Waals surface area (Å²) in [7, 11) is 3.07. The van der Waals surface area contributed by atoms with E-state index in [4.69, 9.17) is 53.8 Å². The van der Waals surface area contributed by atoms with Gasteiger partial charge >= 0.3 is 12.1 Å². The summed E-state index contributed by atoms with van der Waals surface area (Å²) in [4.78, 5) is 33.9. The van der Waals surface area contributed by atoms with Gasteiger partial charge < -0.3 is 29.5 Å². The first kappa shape index (κ1) is 38.0. The first-order valence-electron chi connectivity index (χ1n) is 16.2. The van der Waals surface area contributed by atoms with Crippen molar-refractivity contribution in [1.29, 1.82) is 0 Å². The zero-order valence-electron chi connectivity index (χ0n) is 28.0. The summed E-state index contributed by atoms with van der Waals surface area (Å²) in [6.07, 6.45) is 3.80. The molecular weight excluding hydrogens is 721 g/mol. The molecular formula is C37H38Cl3N3O8. The van der Waals surface area contributed by atoms with E-state index in [1.165, 1.54) is 25.2 Å². The standard InChI is InChI=1S/C37H36Cl3N3O7.H2O/c1-47-31-11-10-25(16-33(31)48-2)32(17-26-27(38)18-41-19-28(26)39)49-36(45)24-8-6-22(7-9-24)20-43(29-4-3-5-30(44)35(29)40)37(46)50-34-21-42-14-12-23(34)13-15-42;/h3-11,16,18-19,23,32,34,44H,12-15,17,20-21H2,1-2H3;1H2/t32-,34-;/m0./s1. The molecule has 14 heteroatoms. The minimum absolute atomic E-state index is 0. The van der Waals surface area contributed by atoms with Crippen LogP contribution in [-0.2, 0) is 22.4 Å². The molecule has 0 saturated carbocycles. The van der Waals surface area contributed by atoms with Gasteiger partial charge in [-0.3, -0.25) is 9.80 Å². The summed E-state index contributed by atoms with van der Waals surface area (Å²) in [6, 6.07) is 16.7. The molecule has 2 atom stereocenters. The van der Waals surface area contributed by atoms with Crippen molar-refractivity contribution >= 4 is 52.6 Å². The largest absolute Gasteiger partial charge is 0.870 e. The van der Waals surface area contributed by atoms with Crippen LogP contribution in [0, 0.1) is 5.92 Å². The topological polar surface area (TPSA) is 142 Å². The highest BCUT2D eigenvalue weighted by atomic mass is 35.5. The van der Waals surface area contributed by atoms with E-state index in [0.29, 0.717) is 56.4 Å². The maximum atomic E-state index is 13.7. The molecule has 2 bridgehead atoms. The lowest BCUT2D eigenvalue weighted by atomic mass is 9.86. The third kappa shape index (κ3) is 8.62. The second-order valence-electron chi connectivity index (χ2n) is 12.3. The van der Waals surface area contributed by atoms with Gasteiger partial charge in [-0.05, 0) is 79.4 Å². The highest BCUT2D eigenvalue weighted by molar-refractivity contribution is 6.35. The van der Waals surface area contributed by atoms with Gasteiger partial charge in [-0.1, -0.05) is 59.1 Å². The molecule has 270 valence electrons. The lowest BCUT2D eigenvalue weighted by Crippen LogP contribution is -2.53. The highest BCUT2D eigenvalue weighted by Gasteiger charge is 2.38. The van der Waals surface area contributed by atoms with Crippen LogP contribution in [0.2, 0.25) is 15.1 Å². The van der Waals surface area contributed by atoms with Crippen LogP contribution < -0.4 is 19.4 Å². The Morgan fingerprint density at radius 1 is 0.961 bits per heavy atom. The van der Waals surface area contributed by atoms with Gasteiger partial charge in [0.15, 0.2) is 23.9 Å². The second kappa shape index (κ2) is 16.8. The Hall–Kier alpha value is -4.26. The number of nitrogens with zero attached hydrogens (tertiary/aromatic N) is 2. The number of nitrogens with one attached hydrogen (secondary N) is 1. The number of esters is 1. The first-order valence-corrected chi connectivity index (χ1v) is 17.3. The number of hydrogen-bond acceptors (Lipinski definition) is 9. The number of methoxy groups -OCH3 is 2. The number of pyridine rings is 1. The van der Waals surface area contributed by atoms with Crippen molar-refractivity contribution in [2.24, 2.45) is 5.92 Å². The van der Waals surface area contributed by atoms with Crippen molar-refractivity contribution < 1.29 is 44.1 Å². The maximum Gasteiger partial charge on any atom is 0.414 e. The molecule has 51 heavy (non-hydrogen) atoms. The van der Waals surface area contributed by atoms with Crippen molar-refractivity contribution in [3.63, 3.8) is 0 Å². The summed E-state index contributed by atoms with van der Waals surface area (Å²) >= 11 is 19.4. The Bertz CT molecular complexity index is 1830. The summed E-state index contributed by atoms with van der Waals surface area (Å²) in [5, 5.41) is 11.2. The number of rotatable bonds is 11. The number of hydrogen-bond donors (Lipinski definition) is 1. The van der Waals surface area contributed by atoms with Crippen LogP contribution in [-0.4, -0.2) is 67.5 Å². The maximum absolute atomic E-state index is 13.7. The molecule has 11 nitrogen and oxygen atoms in total. The number of phenolic OH excluding ortho intramolecular Hbond substituents is 1. The molecule has 3 saturated heterocycles. The van der Waals surface area contributed by atoms with E-state index in [1.54, 1.807) is 67.0 Å². The molecule has 1 aromatic heterocycles. The van der Waals surface area contributed by atoms with E-state index in [1.807, 2.05) is 0 Å². The lowest BCUT2D eigenvalue weighted by Gasteiger charge is -2.44. The number of benzene rings is 3. The minimum Gasteiger partial charge on any atom is -0.870 e. The van der Waals surface area contributed by atoms with Gasteiger partial charge in [-0.15, -0.1) is 0 Å². The van der Waals surface area contributed by atoms with Crippen molar-refractivity contribution in [3.8, 4) is 17.2 Å². The number of carbonyl (C=O) groups excluding carboxylic acids is 2. The molecule has 0 aliphatic carbocycles. The molecule has 4 aromatic rings. The number of phenols is 1. The highest BCUT2D eigenvalue weighted by Crippen LogP contribution is 2.38. The summed E-state index contributed by atoms with van der Waals surface area (Å²) in [6.45, 7) is 2.79. The Kier molecular flexibility index (Phi) is 12.5. The van der Waals surface area contributed by atoms with Crippen LogP contribution in [0.25, 0.3) is 0 Å². The molecule has 7 rings (SSSR count). The number of fused-ring (bicyclic) bond motifs is 3. The normalized spacial score (nSPS) is 18.3. The van der Waals surface area contributed by atoms with Gasteiger partial charge in [-0.25, -0.2) is 14.6 Å². The third-order valence-corrected chi connectivity index (χ3v) is 10.3. The number of ether oxygens (including phenoxy) is 4. The predicted molar refractivity (Wildman–Crippen MR) is 192 cm³/mol. The number of aromatic hydroxyl groups is 1. The number of aromatic nitrogens is 1. The van der Waals surface area contributed by atoms with Crippen LogP contribution >= 0.6 is 34.8 Å². The monoisotopic (exact) mass is 757 g/mol. The van der Waals surface area contributed by atoms with Gasteiger partial charge in [0.05, 0.1) is 32.0 Å².